The Bertz CT molecular complexity index is 787. The van der Waals surface area contributed by atoms with Crippen molar-refractivity contribution in [3.63, 3.8) is 0 Å². The minimum absolute atomic E-state index is 0.796. The third-order valence-electron chi connectivity index (χ3n) is 4.16. The first-order chi connectivity index (χ1) is 12.2. The molecule has 2 heterocycles. The lowest BCUT2D eigenvalue weighted by Gasteiger charge is -2.18. The molecule has 0 saturated carbocycles. The van der Waals surface area contributed by atoms with Gasteiger partial charge >= 0.3 is 0 Å². The van der Waals surface area contributed by atoms with E-state index >= 15 is 0 Å². The van der Waals surface area contributed by atoms with E-state index in [1.54, 1.807) is 6.33 Å². The summed E-state index contributed by atoms with van der Waals surface area (Å²) >= 11 is 0. The average Bonchev–Trinajstić information content (AvgIpc) is 2.68. The van der Waals surface area contributed by atoms with Crippen molar-refractivity contribution < 1.29 is 0 Å². The highest BCUT2D eigenvalue weighted by atomic mass is 15.2. The lowest BCUT2D eigenvalue weighted by atomic mass is 10.1. The van der Waals surface area contributed by atoms with Crippen molar-refractivity contribution in [2.45, 2.75) is 19.8 Å². The molecule has 1 aromatic carbocycles. The molecule has 0 bridgehead atoms. The molecule has 0 aliphatic carbocycles. The number of aryl methyl sites for hydroxylation is 1. The second-order valence-electron chi connectivity index (χ2n) is 5.96. The third kappa shape index (κ3) is 4.76. The topological polar surface area (TPSA) is 53.9 Å². The molecule has 0 atom stereocenters. The SMILES string of the molecule is CCc1ccc(Nc2cc(N(C)CCc3ccncc3)ncn2)cc1. The first kappa shape index (κ1) is 16.9. The molecule has 0 fully saturated rings. The van der Waals surface area contributed by atoms with Gasteiger partial charge in [0.05, 0.1) is 0 Å². The molecule has 3 rings (SSSR count). The Kier molecular flexibility index (Phi) is 5.57. The zero-order chi connectivity index (χ0) is 17.5. The molecule has 0 amide bonds. The maximum Gasteiger partial charge on any atom is 0.135 e. The van der Waals surface area contributed by atoms with E-state index in [0.717, 1.165) is 36.7 Å². The van der Waals surface area contributed by atoms with Crippen LogP contribution in [0.1, 0.15) is 18.1 Å². The Balaban J connectivity index is 1.63. The number of hydrogen-bond donors (Lipinski definition) is 1. The summed E-state index contributed by atoms with van der Waals surface area (Å²) < 4.78 is 0. The first-order valence-corrected chi connectivity index (χ1v) is 8.52. The van der Waals surface area contributed by atoms with Gasteiger partial charge in [-0.1, -0.05) is 19.1 Å². The normalized spacial score (nSPS) is 10.5. The van der Waals surface area contributed by atoms with E-state index in [0.29, 0.717) is 0 Å². The highest BCUT2D eigenvalue weighted by Gasteiger charge is 2.05. The summed E-state index contributed by atoms with van der Waals surface area (Å²) in [7, 11) is 2.04. The number of likely N-dealkylation sites (N-methyl/N-ethyl adjacent to an activating group) is 1. The van der Waals surface area contributed by atoms with Gasteiger partial charge in [-0.05, 0) is 48.2 Å². The van der Waals surface area contributed by atoms with Crippen LogP contribution in [0.2, 0.25) is 0 Å². The zero-order valence-corrected chi connectivity index (χ0v) is 14.7. The number of rotatable bonds is 7. The summed E-state index contributed by atoms with van der Waals surface area (Å²) in [5, 5.41) is 3.34. The van der Waals surface area contributed by atoms with E-state index < -0.39 is 0 Å². The van der Waals surface area contributed by atoms with Crippen LogP contribution in [0.3, 0.4) is 0 Å². The van der Waals surface area contributed by atoms with Crippen LogP contribution in [-0.4, -0.2) is 28.5 Å². The summed E-state index contributed by atoms with van der Waals surface area (Å²) in [5.41, 5.74) is 3.62. The van der Waals surface area contributed by atoms with Crippen LogP contribution in [0.5, 0.6) is 0 Å². The number of anilines is 3. The largest absolute Gasteiger partial charge is 0.359 e. The summed E-state index contributed by atoms with van der Waals surface area (Å²) in [6.45, 7) is 3.03. The van der Waals surface area contributed by atoms with Crippen molar-refractivity contribution in [3.05, 3.63) is 72.3 Å². The van der Waals surface area contributed by atoms with Crippen molar-refractivity contribution in [2.75, 3.05) is 23.8 Å². The molecule has 128 valence electrons. The van der Waals surface area contributed by atoms with Gasteiger partial charge in [0.1, 0.15) is 18.0 Å². The second kappa shape index (κ2) is 8.24. The van der Waals surface area contributed by atoms with Crippen molar-refractivity contribution in [1.29, 1.82) is 0 Å². The molecule has 2 aromatic heterocycles. The molecule has 0 aliphatic rings. The Morgan fingerprint density at radius 2 is 1.72 bits per heavy atom. The van der Waals surface area contributed by atoms with E-state index in [1.807, 2.05) is 37.6 Å². The Labute approximate surface area is 148 Å². The van der Waals surface area contributed by atoms with Crippen molar-refractivity contribution in [1.82, 2.24) is 15.0 Å². The molecule has 0 spiro atoms. The monoisotopic (exact) mass is 333 g/mol. The van der Waals surface area contributed by atoms with Crippen LogP contribution in [0.4, 0.5) is 17.3 Å². The van der Waals surface area contributed by atoms with E-state index in [4.69, 9.17) is 0 Å². The van der Waals surface area contributed by atoms with Crippen molar-refractivity contribution in [2.24, 2.45) is 0 Å². The Morgan fingerprint density at radius 1 is 0.960 bits per heavy atom. The van der Waals surface area contributed by atoms with Crippen LogP contribution in [0.15, 0.2) is 61.2 Å². The summed E-state index contributed by atoms with van der Waals surface area (Å²) in [6.07, 6.45) is 7.24. The molecule has 3 aromatic rings. The van der Waals surface area contributed by atoms with Crippen LogP contribution in [-0.2, 0) is 12.8 Å². The third-order valence-corrected chi connectivity index (χ3v) is 4.16. The van der Waals surface area contributed by atoms with Crippen LogP contribution >= 0.6 is 0 Å². The second-order valence-corrected chi connectivity index (χ2v) is 5.96. The Morgan fingerprint density at radius 3 is 2.44 bits per heavy atom. The van der Waals surface area contributed by atoms with E-state index in [2.05, 4.69) is 56.4 Å². The van der Waals surface area contributed by atoms with Gasteiger partial charge in [-0.15, -0.1) is 0 Å². The molecule has 5 nitrogen and oxygen atoms in total. The number of pyridine rings is 1. The van der Waals surface area contributed by atoms with Gasteiger partial charge in [0, 0.05) is 37.7 Å². The van der Waals surface area contributed by atoms with Gasteiger partial charge < -0.3 is 10.2 Å². The summed E-state index contributed by atoms with van der Waals surface area (Å²) in [5.74, 6) is 1.70. The minimum atomic E-state index is 0.796. The number of nitrogens with one attached hydrogen (secondary N) is 1. The average molecular weight is 333 g/mol. The quantitative estimate of drug-likeness (QED) is 0.711. The maximum atomic E-state index is 4.38. The Hall–Kier alpha value is -2.95. The smallest absolute Gasteiger partial charge is 0.135 e. The molecule has 25 heavy (non-hydrogen) atoms. The van der Waals surface area contributed by atoms with Gasteiger partial charge in [-0.25, -0.2) is 9.97 Å². The van der Waals surface area contributed by atoms with Gasteiger partial charge in [-0.3, -0.25) is 4.98 Å². The predicted octanol–water partition coefficient (Wildman–Crippen LogP) is 3.86. The molecule has 0 aliphatic heterocycles. The molecular weight excluding hydrogens is 310 g/mol. The molecule has 0 saturated heterocycles. The molecule has 5 heteroatoms. The number of benzene rings is 1. The number of hydrogen-bond acceptors (Lipinski definition) is 5. The molecule has 1 N–H and O–H groups in total. The number of aromatic nitrogens is 3. The molecule has 0 radical (unpaired) electrons. The molecule has 0 unspecified atom stereocenters. The van der Waals surface area contributed by atoms with Crippen LogP contribution in [0.25, 0.3) is 0 Å². The summed E-state index contributed by atoms with van der Waals surface area (Å²) in [4.78, 5) is 14.9. The standard InChI is InChI=1S/C20H23N5/c1-3-16-4-6-18(7-5-16)24-19-14-20(23-15-22-19)25(2)13-10-17-8-11-21-12-9-17/h4-9,11-12,14-15H,3,10,13H2,1-2H3,(H,22,23,24). The number of nitrogens with zero attached hydrogens (tertiary/aromatic N) is 4. The first-order valence-electron chi connectivity index (χ1n) is 8.52. The van der Waals surface area contributed by atoms with E-state index in [9.17, 15) is 0 Å². The lowest BCUT2D eigenvalue weighted by Crippen LogP contribution is -2.21. The van der Waals surface area contributed by atoms with Gasteiger partial charge in [0.2, 0.25) is 0 Å². The van der Waals surface area contributed by atoms with E-state index in [-0.39, 0.29) is 0 Å². The minimum Gasteiger partial charge on any atom is -0.359 e. The van der Waals surface area contributed by atoms with Gasteiger partial charge in [0.15, 0.2) is 0 Å². The maximum absolute atomic E-state index is 4.38. The predicted molar refractivity (Wildman–Crippen MR) is 102 cm³/mol. The van der Waals surface area contributed by atoms with Crippen molar-refractivity contribution in [3.8, 4) is 0 Å². The highest BCUT2D eigenvalue weighted by molar-refractivity contribution is 5.59. The molecular formula is C20H23N5. The van der Waals surface area contributed by atoms with Crippen molar-refractivity contribution >= 4 is 17.3 Å². The fourth-order valence-electron chi connectivity index (χ4n) is 2.56. The van der Waals surface area contributed by atoms with Crippen LogP contribution < -0.4 is 10.2 Å². The lowest BCUT2D eigenvalue weighted by molar-refractivity contribution is 0.855. The van der Waals surface area contributed by atoms with Gasteiger partial charge in [0.25, 0.3) is 0 Å². The van der Waals surface area contributed by atoms with E-state index in [1.165, 1.54) is 11.1 Å². The summed E-state index contributed by atoms with van der Waals surface area (Å²) in [6, 6.07) is 14.5. The fourth-order valence-corrected chi connectivity index (χ4v) is 2.56. The highest BCUT2D eigenvalue weighted by Crippen LogP contribution is 2.18. The zero-order valence-electron chi connectivity index (χ0n) is 14.7. The van der Waals surface area contributed by atoms with Crippen LogP contribution in [0, 0.1) is 0 Å². The van der Waals surface area contributed by atoms with Gasteiger partial charge in [-0.2, -0.15) is 0 Å². The fraction of sp³-hybridized carbons (Fsp3) is 0.250.